The summed E-state index contributed by atoms with van der Waals surface area (Å²) >= 11 is 0. The number of rotatable bonds is 1. The fourth-order valence-corrected chi connectivity index (χ4v) is 3.02. The zero-order valence-electron chi connectivity index (χ0n) is 10.9. The Labute approximate surface area is 98.7 Å². The molecule has 0 unspecified atom stereocenters. The van der Waals surface area contributed by atoms with Crippen LogP contribution in [0.25, 0.3) is 0 Å². The van der Waals surface area contributed by atoms with Crippen LogP contribution in [0.3, 0.4) is 0 Å². The van der Waals surface area contributed by atoms with E-state index in [0.29, 0.717) is 10.8 Å². The molecule has 0 aromatic heterocycles. The average molecular weight is 221 g/mol. The summed E-state index contributed by atoms with van der Waals surface area (Å²) in [5.74, 6) is 1.04. The van der Waals surface area contributed by atoms with Crippen LogP contribution in [-0.2, 0) is 4.79 Å². The molecule has 0 aromatic carbocycles. The molecule has 1 heterocycles. The van der Waals surface area contributed by atoms with Gasteiger partial charge < -0.3 is 4.90 Å². The predicted octanol–water partition coefficient (Wildman–Crippen LogP) is 2.85. The van der Waals surface area contributed by atoms with E-state index in [2.05, 4.69) is 20.8 Å². The van der Waals surface area contributed by atoms with Crippen molar-refractivity contribution >= 4 is 5.91 Å². The fourth-order valence-electron chi connectivity index (χ4n) is 3.02. The molecule has 2 rings (SSSR count). The van der Waals surface area contributed by atoms with E-state index in [9.17, 15) is 4.79 Å². The monoisotopic (exact) mass is 221 g/mol. The van der Waals surface area contributed by atoms with Crippen molar-refractivity contribution < 1.29 is 4.79 Å². The number of nitrogens with zero attached hydrogens (tertiary/aromatic N) is 1. The van der Waals surface area contributed by atoms with E-state index in [1.807, 2.05) is 17.9 Å². The Morgan fingerprint density at radius 1 is 1.31 bits per heavy atom. The first-order valence-corrected chi connectivity index (χ1v) is 6.28. The van der Waals surface area contributed by atoms with Crippen molar-refractivity contribution in [1.29, 1.82) is 0 Å². The number of hydrogen-bond acceptors (Lipinski definition) is 1. The van der Waals surface area contributed by atoms with Crippen molar-refractivity contribution in [1.82, 2.24) is 4.90 Å². The summed E-state index contributed by atoms with van der Waals surface area (Å²) in [6, 6.07) is 0. The minimum Gasteiger partial charge on any atom is -0.338 e. The van der Waals surface area contributed by atoms with Crippen molar-refractivity contribution in [3.05, 3.63) is 12.2 Å². The van der Waals surface area contributed by atoms with Gasteiger partial charge in [0.1, 0.15) is 0 Å². The lowest BCUT2D eigenvalue weighted by molar-refractivity contribution is -0.156. The van der Waals surface area contributed by atoms with Gasteiger partial charge in [-0.15, -0.1) is 0 Å². The quantitative estimate of drug-likeness (QED) is 0.623. The molecule has 90 valence electrons. The maximum atomic E-state index is 11.6. The molecule has 2 aliphatic rings. The lowest BCUT2D eigenvalue weighted by Gasteiger charge is -2.61. The second kappa shape index (κ2) is 3.61. The highest BCUT2D eigenvalue weighted by Gasteiger charge is 2.55. The Morgan fingerprint density at radius 2 is 1.88 bits per heavy atom. The van der Waals surface area contributed by atoms with Crippen molar-refractivity contribution in [2.24, 2.45) is 16.7 Å². The predicted molar refractivity (Wildman–Crippen MR) is 66.0 cm³/mol. The molecule has 0 atom stereocenters. The second-order valence-electron chi connectivity index (χ2n) is 6.67. The number of hydrogen-bond donors (Lipinski definition) is 0. The molecular weight excluding hydrogens is 198 g/mol. The zero-order valence-corrected chi connectivity index (χ0v) is 10.9. The van der Waals surface area contributed by atoms with E-state index >= 15 is 0 Å². The standard InChI is InChI=1S/C14H23NO/c1-5-6-12(16)15-9-14(10-15)7-11(8-14)13(2,3)4/h5-6,11H,7-10H2,1-4H3/b6-5+. The normalized spacial score (nSPS) is 24.6. The minimum atomic E-state index is 0.187. The highest BCUT2D eigenvalue weighted by molar-refractivity contribution is 5.88. The van der Waals surface area contributed by atoms with Crippen molar-refractivity contribution in [2.45, 2.75) is 40.5 Å². The Morgan fingerprint density at radius 3 is 2.31 bits per heavy atom. The summed E-state index contributed by atoms with van der Waals surface area (Å²) in [4.78, 5) is 13.5. The molecule has 2 nitrogen and oxygen atoms in total. The first-order chi connectivity index (χ1) is 7.36. The lowest BCUT2D eigenvalue weighted by Crippen LogP contribution is -2.64. The Hall–Kier alpha value is -0.790. The van der Waals surface area contributed by atoms with Crippen LogP contribution in [0.5, 0.6) is 0 Å². The Kier molecular flexibility index (Phi) is 2.64. The molecular formula is C14H23NO. The summed E-state index contributed by atoms with van der Waals surface area (Å²) in [5.41, 5.74) is 0.939. The van der Waals surface area contributed by atoms with Gasteiger partial charge in [0, 0.05) is 18.5 Å². The Bertz CT molecular complexity index is 310. The van der Waals surface area contributed by atoms with Crippen LogP contribution < -0.4 is 0 Å². The molecule has 1 aliphatic carbocycles. The van der Waals surface area contributed by atoms with Gasteiger partial charge in [-0.2, -0.15) is 0 Å². The zero-order chi connectivity index (χ0) is 12.0. The van der Waals surface area contributed by atoms with Crippen LogP contribution in [0.1, 0.15) is 40.5 Å². The number of carbonyl (C=O) groups is 1. The third-order valence-electron chi connectivity index (χ3n) is 4.26. The highest BCUT2D eigenvalue weighted by Crippen LogP contribution is 2.57. The topological polar surface area (TPSA) is 20.3 Å². The van der Waals surface area contributed by atoms with Crippen LogP contribution in [0.15, 0.2) is 12.2 Å². The summed E-state index contributed by atoms with van der Waals surface area (Å²) in [6.07, 6.45) is 6.13. The second-order valence-corrected chi connectivity index (χ2v) is 6.67. The number of carbonyl (C=O) groups excluding carboxylic acids is 1. The Balaban J connectivity index is 1.81. The number of likely N-dealkylation sites (tertiary alicyclic amines) is 1. The molecule has 0 aromatic rings. The largest absolute Gasteiger partial charge is 0.338 e. The van der Waals surface area contributed by atoms with Gasteiger partial charge in [0.15, 0.2) is 0 Å². The van der Waals surface area contributed by atoms with Gasteiger partial charge in [-0.05, 0) is 37.2 Å². The van der Waals surface area contributed by atoms with Crippen LogP contribution in [0.4, 0.5) is 0 Å². The first-order valence-electron chi connectivity index (χ1n) is 6.28. The van der Waals surface area contributed by atoms with E-state index in [4.69, 9.17) is 0 Å². The average Bonchev–Trinajstić information content (AvgIpc) is 1.96. The van der Waals surface area contributed by atoms with Gasteiger partial charge in [-0.1, -0.05) is 26.8 Å². The molecule has 1 amide bonds. The van der Waals surface area contributed by atoms with Gasteiger partial charge in [0.25, 0.3) is 0 Å². The van der Waals surface area contributed by atoms with E-state index in [1.54, 1.807) is 6.08 Å². The molecule has 1 aliphatic heterocycles. The first kappa shape index (κ1) is 11.7. The number of amides is 1. The third-order valence-corrected chi connectivity index (χ3v) is 4.26. The fraction of sp³-hybridized carbons (Fsp3) is 0.786. The van der Waals surface area contributed by atoms with Gasteiger partial charge in [0.05, 0.1) is 0 Å². The molecule has 1 spiro atoms. The maximum absolute atomic E-state index is 11.6. The maximum Gasteiger partial charge on any atom is 0.246 e. The molecule has 0 bridgehead atoms. The summed E-state index contributed by atoms with van der Waals surface area (Å²) in [6.45, 7) is 10.8. The van der Waals surface area contributed by atoms with E-state index < -0.39 is 0 Å². The van der Waals surface area contributed by atoms with Crippen LogP contribution in [-0.4, -0.2) is 23.9 Å². The van der Waals surface area contributed by atoms with Crippen LogP contribution >= 0.6 is 0 Å². The highest BCUT2D eigenvalue weighted by atomic mass is 16.2. The van der Waals surface area contributed by atoms with Gasteiger partial charge in [0.2, 0.25) is 5.91 Å². The SMILES string of the molecule is C/C=C/C(=O)N1CC2(CC(C(C)(C)C)C2)C1. The molecule has 2 fully saturated rings. The molecule has 0 N–H and O–H groups in total. The van der Waals surface area contributed by atoms with E-state index in [0.717, 1.165) is 19.0 Å². The molecule has 1 saturated carbocycles. The minimum absolute atomic E-state index is 0.187. The third kappa shape index (κ3) is 1.90. The van der Waals surface area contributed by atoms with Crippen LogP contribution in [0.2, 0.25) is 0 Å². The molecule has 2 heteroatoms. The molecule has 0 radical (unpaired) electrons. The molecule has 16 heavy (non-hydrogen) atoms. The number of allylic oxidation sites excluding steroid dienone is 1. The summed E-state index contributed by atoms with van der Waals surface area (Å²) in [5, 5.41) is 0. The lowest BCUT2D eigenvalue weighted by atomic mass is 9.52. The van der Waals surface area contributed by atoms with Crippen molar-refractivity contribution in [3.63, 3.8) is 0 Å². The van der Waals surface area contributed by atoms with Crippen molar-refractivity contribution in [3.8, 4) is 0 Å². The van der Waals surface area contributed by atoms with Gasteiger partial charge in [-0.3, -0.25) is 4.79 Å². The van der Waals surface area contributed by atoms with E-state index in [-0.39, 0.29) is 5.91 Å². The van der Waals surface area contributed by atoms with Crippen molar-refractivity contribution in [2.75, 3.05) is 13.1 Å². The van der Waals surface area contributed by atoms with Crippen LogP contribution in [0, 0.1) is 16.7 Å². The van der Waals surface area contributed by atoms with Gasteiger partial charge in [-0.25, -0.2) is 0 Å². The summed E-state index contributed by atoms with van der Waals surface area (Å²) in [7, 11) is 0. The van der Waals surface area contributed by atoms with Gasteiger partial charge >= 0.3 is 0 Å². The van der Waals surface area contributed by atoms with E-state index in [1.165, 1.54) is 12.8 Å². The molecule has 1 saturated heterocycles. The summed E-state index contributed by atoms with van der Waals surface area (Å²) < 4.78 is 0. The smallest absolute Gasteiger partial charge is 0.246 e.